The fourth-order valence-electron chi connectivity index (χ4n) is 3.40. The highest BCUT2D eigenvalue weighted by molar-refractivity contribution is 7.89. The van der Waals surface area contributed by atoms with Crippen molar-refractivity contribution in [2.75, 3.05) is 18.4 Å². The second-order valence-electron chi connectivity index (χ2n) is 7.20. The van der Waals surface area contributed by atoms with Crippen molar-refractivity contribution in [1.82, 2.24) is 4.31 Å². The smallest absolute Gasteiger partial charge is 0.294 e. The molecule has 0 bridgehead atoms. The predicted molar refractivity (Wildman–Crippen MR) is 109 cm³/mol. The molecule has 0 spiro atoms. The van der Waals surface area contributed by atoms with Crippen LogP contribution in [0.2, 0.25) is 0 Å². The Balaban J connectivity index is 1.89. The molecule has 1 heterocycles. The summed E-state index contributed by atoms with van der Waals surface area (Å²) in [7, 11) is -3.78. The normalized spacial score (nSPS) is 17.4. The van der Waals surface area contributed by atoms with Crippen molar-refractivity contribution >= 4 is 27.1 Å². The number of hydrogen-bond acceptors (Lipinski definition) is 6. The number of nitro groups is 1. The highest BCUT2D eigenvalue weighted by Gasteiger charge is 2.30. The van der Waals surface area contributed by atoms with Crippen LogP contribution < -0.4 is 5.32 Å². The van der Waals surface area contributed by atoms with Gasteiger partial charge in [-0.05, 0) is 48.6 Å². The Morgan fingerprint density at radius 1 is 1.28 bits per heavy atom. The lowest BCUT2D eigenvalue weighted by atomic mass is 10.0. The summed E-state index contributed by atoms with van der Waals surface area (Å²) in [5.74, 6) is 0.262. The monoisotopic (exact) mass is 414 g/mol. The maximum Gasteiger partial charge on any atom is 0.294 e. The van der Waals surface area contributed by atoms with Gasteiger partial charge in [0.05, 0.1) is 22.3 Å². The van der Waals surface area contributed by atoms with Crippen LogP contribution >= 0.6 is 0 Å². The van der Waals surface area contributed by atoms with Crippen LogP contribution in [0, 0.1) is 27.4 Å². The first-order valence-electron chi connectivity index (χ1n) is 9.33. The summed E-state index contributed by atoms with van der Waals surface area (Å²) < 4.78 is 27.3. The van der Waals surface area contributed by atoms with Gasteiger partial charge in [-0.15, -0.1) is 0 Å². The number of nitrogens with zero attached hydrogens (tertiary/aromatic N) is 3. The minimum atomic E-state index is -3.78. The molecule has 152 valence electrons. The van der Waals surface area contributed by atoms with E-state index in [-0.39, 0.29) is 28.6 Å². The Morgan fingerprint density at radius 2 is 2.00 bits per heavy atom. The Bertz CT molecular complexity index is 1050. The Kier molecular flexibility index (Phi) is 6.15. The van der Waals surface area contributed by atoms with Gasteiger partial charge in [-0.3, -0.25) is 10.1 Å². The molecule has 9 heteroatoms. The summed E-state index contributed by atoms with van der Waals surface area (Å²) in [5, 5.41) is 23.3. The molecule has 0 aromatic heterocycles. The Labute approximate surface area is 170 Å². The molecule has 0 amide bonds. The molecule has 0 saturated carbocycles. The maximum absolute atomic E-state index is 12.9. The lowest BCUT2D eigenvalue weighted by Gasteiger charge is -2.30. The molecule has 0 unspecified atom stereocenters. The van der Waals surface area contributed by atoms with Gasteiger partial charge in [-0.1, -0.05) is 19.1 Å². The fraction of sp³-hybridized carbons (Fsp3) is 0.350. The zero-order chi connectivity index (χ0) is 21.0. The van der Waals surface area contributed by atoms with E-state index in [4.69, 9.17) is 5.26 Å². The molecule has 1 fully saturated rings. The van der Waals surface area contributed by atoms with Crippen LogP contribution in [0.1, 0.15) is 25.3 Å². The molecule has 1 aliphatic rings. The van der Waals surface area contributed by atoms with E-state index in [1.54, 1.807) is 24.3 Å². The Hall–Kier alpha value is -2.96. The standard InChI is InChI=1S/C20H22N4O4S/c1-15-3-2-12-23(14-15)29(27,28)18-8-9-19(20(13-18)24(25)26)22-17-6-4-16(5-7-17)10-11-21/h4-9,13,15,22H,2-3,10,12,14H2,1H3/t15-/m0/s1. The Morgan fingerprint density at radius 3 is 2.62 bits per heavy atom. The predicted octanol–water partition coefficient (Wildman–Crippen LogP) is 3.83. The number of anilines is 2. The van der Waals surface area contributed by atoms with Gasteiger partial charge in [0.1, 0.15) is 5.69 Å². The highest BCUT2D eigenvalue weighted by atomic mass is 32.2. The molecule has 8 nitrogen and oxygen atoms in total. The van der Waals surface area contributed by atoms with Gasteiger partial charge in [0.15, 0.2) is 0 Å². The second kappa shape index (κ2) is 8.59. The van der Waals surface area contributed by atoms with Crippen molar-refractivity contribution in [3.8, 4) is 6.07 Å². The number of nitriles is 1. The van der Waals surface area contributed by atoms with Crippen LogP contribution in [-0.2, 0) is 16.4 Å². The summed E-state index contributed by atoms with van der Waals surface area (Å²) in [5.41, 5.74) is 1.34. The average molecular weight is 414 g/mol. The van der Waals surface area contributed by atoms with Crippen molar-refractivity contribution in [2.24, 2.45) is 5.92 Å². The molecular formula is C20H22N4O4S. The molecule has 2 aromatic carbocycles. The van der Waals surface area contributed by atoms with E-state index in [0.717, 1.165) is 24.5 Å². The number of rotatable bonds is 6. The molecule has 0 radical (unpaired) electrons. The van der Waals surface area contributed by atoms with Crippen LogP contribution in [0.25, 0.3) is 0 Å². The zero-order valence-corrected chi connectivity index (χ0v) is 16.9. The van der Waals surface area contributed by atoms with E-state index in [2.05, 4.69) is 11.4 Å². The quantitative estimate of drug-likeness (QED) is 0.567. The van der Waals surface area contributed by atoms with Gasteiger partial charge in [0.2, 0.25) is 10.0 Å². The van der Waals surface area contributed by atoms with Crippen molar-refractivity contribution in [2.45, 2.75) is 31.1 Å². The van der Waals surface area contributed by atoms with E-state index in [1.807, 2.05) is 6.92 Å². The minimum Gasteiger partial charge on any atom is -0.350 e. The van der Waals surface area contributed by atoms with Crippen molar-refractivity contribution < 1.29 is 13.3 Å². The summed E-state index contributed by atoms with van der Waals surface area (Å²) in [6.45, 7) is 2.85. The minimum absolute atomic E-state index is 0.0757. The average Bonchev–Trinajstić information content (AvgIpc) is 2.69. The van der Waals surface area contributed by atoms with Gasteiger partial charge < -0.3 is 5.32 Å². The molecular weight excluding hydrogens is 392 g/mol. The zero-order valence-electron chi connectivity index (χ0n) is 16.0. The van der Waals surface area contributed by atoms with Crippen LogP contribution in [0.3, 0.4) is 0 Å². The maximum atomic E-state index is 12.9. The first-order chi connectivity index (χ1) is 13.8. The summed E-state index contributed by atoms with van der Waals surface area (Å²) >= 11 is 0. The number of nitrogens with one attached hydrogen (secondary N) is 1. The van der Waals surface area contributed by atoms with Gasteiger partial charge in [-0.25, -0.2) is 8.42 Å². The van der Waals surface area contributed by atoms with Gasteiger partial charge in [-0.2, -0.15) is 9.57 Å². The van der Waals surface area contributed by atoms with Crippen molar-refractivity contribution in [3.05, 3.63) is 58.1 Å². The first-order valence-corrected chi connectivity index (χ1v) is 10.8. The molecule has 3 rings (SSSR count). The summed E-state index contributed by atoms with van der Waals surface area (Å²) in [6.07, 6.45) is 2.04. The molecule has 1 aliphatic heterocycles. The van der Waals surface area contributed by atoms with Crippen LogP contribution in [0.4, 0.5) is 17.1 Å². The summed E-state index contributed by atoms with van der Waals surface area (Å²) in [6, 6.07) is 12.9. The third kappa shape index (κ3) is 4.72. The van der Waals surface area contributed by atoms with E-state index in [1.165, 1.54) is 16.4 Å². The van der Waals surface area contributed by atoms with Gasteiger partial charge in [0.25, 0.3) is 5.69 Å². The molecule has 0 aliphatic carbocycles. The van der Waals surface area contributed by atoms with Crippen molar-refractivity contribution in [1.29, 1.82) is 5.26 Å². The third-order valence-corrected chi connectivity index (χ3v) is 6.80. The number of nitro benzene ring substituents is 1. The second-order valence-corrected chi connectivity index (χ2v) is 9.14. The number of sulfonamides is 1. The first kappa shape index (κ1) is 20.8. The van der Waals surface area contributed by atoms with Crippen LogP contribution in [0.15, 0.2) is 47.4 Å². The lowest BCUT2D eigenvalue weighted by molar-refractivity contribution is -0.384. The topological polar surface area (TPSA) is 116 Å². The van der Waals surface area contributed by atoms with E-state index in [9.17, 15) is 18.5 Å². The summed E-state index contributed by atoms with van der Waals surface area (Å²) in [4.78, 5) is 10.9. The van der Waals surface area contributed by atoms with Crippen molar-refractivity contribution in [3.63, 3.8) is 0 Å². The molecule has 2 aromatic rings. The SMILES string of the molecule is C[C@H]1CCCN(S(=O)(=O)c2ccc(Nc3ccc(CC#N)cc3)c([N+](=O)[O-])c2)C1. The number of hydrogen-bond donors (Lipinski definition) is 1. The van der Waals surface area contributed by atoms with Crippen LogP contribution in [0.5, 0.6) is 0 Å². The van der Waals surface area contributed by atoms with E-state index in [0.29, 0.717) is 18.8 Å². The van der Waals surface area contributed by atoms with E-state index < -0.39 is 14.9 Å². The molecule has 1 saturated heterocycles. The fourth-order valence-corrected chi connectivity index (χ4v) is 5.01. The van der Waals surface area contributed by atoms with E-state index >= 15 is 0 Å². The number of piperidine rings is 1. The largest absolute Gasteiger partial charge is 0.350 e. The molecule has 1 N–H and O–H groups in total. The highest BCUT2D eigenvalue weighted by Crippen LogP contribution is 2.32. The third-order valence-electron chi connectivity index (χ3n) is 4.94. The molecule has 1 atom stereocenters. The number of benzene rings is 2. The van der Waals surface area contributed by atoms with Gasteiger partial charge in [0, 0.05) is 24.8 Å². The molecule has 29 heavy (non-hydrogen) atoms. The van der Waals surface area contributed by atoms with Gasteiger partial charge >= 0.3 is 0 Å². The van der Waals surface area contributed by atoms with Crippen LogP contribution in [-0.4, -0.2) is 30.7 Å². The lowest BCUT2D eigenvalue weighted by Crippen LogP contribution is -2.39.